The zero-order valence-electron chi connectivity index (χ0n) is 13.3. The fourth-order valence-electron chi connectivity index (χ4n) is 2.77. The van der Waals surface area contributed by atoms with Crippen LogP contribution < -0.4 is 15.1 Å². The standard InChI is InChI=1S/C17H18ClN3O3/c1-24-16-9-19-13(8-15(16)22)10-20-5-6-21(17(23)11-20)14-4-2-3-12(18)7-14/h2-4,7-9H,5-6,10-11H2,1H3,(H,19,22). The lowest BCUT2D eigenvalue weighted by molar-refractivity contribution is -0.121. The SMILES string of the molecule is COc1c[nH]c(CN2CCN(c3cccc(Cl)c3)C(=O)C2)cc1=O. The summed E-state index contributed by atoms with van der Waals surface area (Å²) >= 11 is 5.99. The molecule has 0 aliphatic carbocycles. The number of anilines is 1. The van der Waals surface area contributed by atoms with Crippen LogP contribution in [0.1, 0.15) is 5.69 Å². The molecule has 1 N–H and O–H groups in total. The smallest absolute Gasteiger partial charge is 0.241 e. The lowest BCUT2D eigenvalue weighted by atomic mass is 10.2. The highest BCUT2D eigenvalue weighted by Crippen LogP contribution is 2.21. The van der Waals surface area contributed by atoms with Gasteiger partial charge in [-0.3, -0.25) is 14.5 Å². The molecule has 0 spiro atoms. The molecule has 6 nitrogen and oxygen atoms in total. The fraction of sp³-hybridized carbons (Fsp3) is 0.294. The summed E-state index contributed by atoms with van der Waals surface area (Å²) in [6.45, 7) is 2.10. The van der Waals surface area contributed by atoms with Crippen molar-refractivity contribution < 1.29 is 9.53 Å². The van der Waals surface area contributed by atoms with Gasteiger partial charge in [-0.15, -0.1) is 0 Å². The van der Waals surface area contributed by atoms with Crippen molar-refractivity contribution in [2.45, 2.75) is 6.54 Å². The summed E-state index contributed by atoms with van der Waals surface area (Å²) in [6.07, 6.45) is 1.54. The quantitative estimate of drug-likeness (QED) is 0.917. The number of aromatic amines is 1. The molecule has 2 heterocycles. The summed E-state index contributed by atoms with van der Waals surface area (Å²) in [5.41, 5.74) is 1.39. The van der Waals surface area contributed by atoms with Crippen LogP contribution in [0.25, 0.3) is 0 Å². The summed E-state index contributed by atoms with van der Waals surface area (Å²) in [5, 5.41) is 0.610. The zero-order valence-corrected chi connectivity index (χ0v) is 14.0. The molecule has 24 heavy (non-hydrogen) atoms. The lowest BCUT2D eigenvalue weighted by Crippen LogP contribution is -2.50. The van der Waals surface area contributed by atoms with Crippen molar-refractivity contribution in [1.82, 2.24) is 9.88 Å². The fourth-order valence-corrected chi connectivity index (χ4v) is 2.95. The summed E-state index contributed by atoms with van der Waals surface area (Å²) in [7, 11) is 1.46. The van der Waals surface area contributed by atoms with E-state index < -0.39 is 0 Å². The Labute approximate surface area is 144 Å². The largest absolute Gasteiger partial charge is 0.491 e. The number of rotatable bonds is 4. The Bertz CT molecular complexity index is 806. The Morgan fingerprint density at radius 2 is 2.08 bits per heavy atom. The number of methoxy groups -OCH3 is 1. The molecule has 1 aromatic carbocycles. The number of carbonyl (C=O) groups excluding carboxylic acids is 1. The van der Waals surface area contributed by atoms with E-state index in [1.54, 1.807) is 23.2 Å². The highest BCUT2D eigenvalue weighted by atomic mass is 35.5. The molecule has 1 aliphatic rings. The van der Waals surface area contributed by atoms with Gasteiger partial charge < -0.3 is 14.6 Å². The minimum absolute atomic E-state index is 0.0133. The number of amides is 1. The molecule has 1 saturated heterocycles. The van der Waals surface area contributed by atoms with Crippen LogP contribution in [0.2, 0.25) is 5.02 Å². The van der Waals surface area contributed by atoms with Crippen molar-refractivity contribution in [3.63, 3.8) is 0 Å². The first-order chi connectivity index (χ1) is 11.6. The van der Waals surface area contributed by atoms with Crippen molar-refractivity contribution >= 4 is 23.2 Å². The molecule has 1 aromatic heterocycles. The van der Waals surface area contributed by atoms with E-state index in [0.29, 0.717) is 31.2 Å². The van der Waals surface area contributed by atoms with Gasteiger partial charge in [-0.05, 0) is 18.2 Å². The average molecular weight is 348 g/mol. The lowest BCUT2D eigenvalue weighted by Gasteiger charge is -2.34. The number of carbonyl (C=O) groups is 1. The Morgan fingerprint density at radius 3 is 2.75 bits per heavy atom. The summed E-state index contributed by atoms with van der Waals surface area (Å²) in [6, 6.07) is 8.79. The van der Waals surface area contributed by atoms with E-state index in [1.807, 2.05) is 17.0 Å². The highest BCUT2D eigenvalue weighted by Gasteiger charge is 2.25. The molecule has 0 radical (unpaired) electrons. The van der Waals surface area contributed by atoms with Gasteiger partial charge in [-0.25, -0.2) is 0 Å². The van der Waals surface area contributed by atoms with Crippen molar-refractivity contribution in [1.29, 1.82) is 0 Å². The normalized spacial score (nSPS) is 15.6. The maximum atomic E-state index is 12.4. The first kappa shape index (κ1) is 16.5. The molecule has 1 amide bonds. The second kappa shape index (κ2) is 7.07. The number of ether oxygens (including phenoxy) is 1. The third-order valence-corrected chi connectivity index (χ3v) is 4.21. The maximum Gasteiger partial charge on any atom is 0.241 e. The summed E-state index contributed by atoms with van der Waals surface area (Å²) in [5.74, 6) is 0.292. The van der Waals surface area contributed by atoms with Gasteiger partial charge >= 0.3 is 0 Å². The van der Waals surface area contributed by atoms with E-state index in [2.05, 4.69) is 4.98 Å². The maximum absolute atomic E-state index is 12.4. The molecule has 7 heteroatoms. The molecule has 0 unspecified atom stereocenters. The van der Waals surface area contributed by atoms with Crippen molar-refractivity contribution in [2.75, 3.05) is 31.6 Å². The van der Waals surface area contributed by atoms with Crippen LogP contribution >= 0.6 is 11.6 Å². The van der Waals surface area contributed by atoms with Crippen LogP contribution in [-0.2, 0) is 11.3 Å². The number of aromatic nitrogens is 1. The van der Waals surface area contributed by atoms with Crippen molar-refractivity contribution in [2.24, 2.45) is 0 Å². The molecule has 1 fully saturated rings. The number of halogens is 1. The van der Waals surface area contributed by atoms with Gasteiger partial charge in [0.05, 0.1) is 13.7 Å². The average Bonchev–Trinajstić information content (AvgIpc) is 2.55. The van der Waals surface area contributed by atoms with Crippen LogP contribution in [0.15, 0.2) is 41.3 Å². The predicted molar refractivity (Wildman–Crippen MR) is 92.7 cm³/mol. The topological polar surface area (TPSA) is 65.6 Å². The van der Waals surface area contributed by atoms with Crippen LogP contribution in [-0.4, -0.2) is 42.5 Å². The van der Waals surface area contributed by atoms with Crippen LogP contribution in [0.4, 0.5) is 5.69 Å². The van der Waals surface area contributed by atoms with Gasteiger partial charge in [-0.2, -0.15) is 0 Å². The summed E-state index contributed by atoms with van der Waals surface area (Å²) < 4.78 is 4.95. The first-order valence-corrected chi connectivity index (χ1v) is 7.98. The molecule has 0 bridgehead atoms. The number of pyridine rings is 1. The van der Waals surface area contributed by atoms with E-state index >= 15 is 0 Å². The summed E-state index contributed by atoms with van der Waals surface area (Å²) in [4.78, 5) is 31.0. The highest BCUT2D eigenvalue weighted by molar-refractivity contribution is 6.30. The van der Waals surface area contributed by atoms with Gasteiger partial charge in [0.15, 0.2) is 5.75 Å². The number of benzene rings is 1. The van der Waals surface area contributed by atoms with E-state index in [1.165, 1.54) is 13.2 Å². The minimum Gasteiger partial charge on any atom is -0.491 e. The predicted octanol–water partition coefficient (Wildman–Crippen LogP) is 1.89. The number of nitrogens with zero attached hydrogens (tertiary/aromatic N) is 2. The third-order valence-electron chi connectivity index (χ3n) is 3.97. The molecule has 0 atom stereocenters. The Balaban J connectivity index is 1.66. The van der Waals surface area contributed by atoms with Gasteiger partial charge in [0.1, 0.15) is 0 Å². The molecular formula is C17H18ClN3O3. The molecular weight excluding hydrogens is 330 g/mol. The number of nitrogens with one attached hydrogen (secondary N) is 1. The van der Waals surface area contributed by atoms with Crippen molar-refractivity contribution in [3.05, 3.63) is 57.5 Å². The van der Waals surface area contributed by atoms with Gasteiger partial charge in [-0.1, -0.05) is 17.7 Å². The van der Waals surface area contributed by atoms with E-state index in [-0.39, 0.29) is 17.1 Å². The van der Waals surface area contributed by atoms with Crippen LogP contribution in [0.3, 0.4) is 0 Å². The molecule has 3 rings (SSSR count). The second-order valence-corrected chi connectivity index (χ2v) is 6.06. The number of H-pyrrole nitrogens is 1. The second-order valence-electron chi connectivity index (χ2n) is 5.63. The van der Waals surface area contributed by atoms with Gasteiger partial charge in [0.25, 0.3) is 0 Å². The van der Waals surface area contributed by atoms with E-state index in [9.17, 15) is 9.59 Å². The number of hydrogen-bond acceptors (Lipinski definition) is 4. The van der Waals surface area contributed by atoms with Crippen LogP contribution in [0.5, 0.6) is 5.75 Å². The van der Waals surface area contributed by atoms with Crippen molar-refractivity contribution in [3.8, 4) is 5.75 Å². The van der Waals surface area contributed by atoms with Crippen LogP contribution in [0, 0.1) is 0 Å². The number of hydrogen-bond donors (Lipinski definition) is 1. The Hall–Kier alpha value is -2.31. The Morgan fingerprint density at radius 1 is 1.25 bits per heavy atom. The molecule has 2 aromatic rings. The zero-order chi connectivity index (χ0) is 17.1. The molecule has 126 valence electrons. The van der Waals surface area contributed by atoms with Gasteiger partial charge in [0.2, 0.25) is 11.3 Å². The minimum atomic E-state index is -0.171. The van der Waals surface area contributed by atoms with E-state index in [4.69, 9.17) is 16.3 Å². The third kappa shape index (κ3) is 3.60. The molecule has 1 aliphatic heterocycles. The Kier molecular flexibility index (Phi) is 4.87. The van der Waals surface area contributed by atoms with E-state index in [0.717, 1.165) is 11.4 Å². The first-order valence-electron chi connectivity index (χ1n) is 7.60. The monoisotopic (exact) mass is 347 g/mol. The number of piperazine rings is 1. The van der Waals surface area contributed by atoms with Gasteiger partial charge in [0, 0.05) is 48.3 Å². The molecule has 0 saturated carbocycles.